The highest BCUT2D eigenvalue weighted by atomic mass is 19.2. The summed E-state index contributed by atoms with van der Waals surface area (Å²) in [6.45, 7) is 12.7. The Hall–Kier alpha value is -4.44. The molecule has 3 rings (SSSR count). The van der Waals surface area contributed by atoms with E-state index in [2.05, 4.69) is 39.4 Å². The number of nitrogens with two attached hydrogens (primary N) is 1. The van der Waals surface area contributed by atoms with Gasteiger partial charge >= 0.3 is 0 Å². The summed E-state index contributed by atoms with van der Waals surface area (Å²) >= 11 is 0. The molecule has 0 bridgehead atoms. The van der Waals surface area contributed by atoms with Crippen molar-refractivity contribution in [1.82, 2.24) is 20.2 Å². The van der Waals surface area contributed by atoms with E-state index in [0.717, 1.165) is 12.1 Å². The first-order valence-corrected chi connectivity index (χ1v) is 12.6. The van der Waals surface area contributed by atoms with Gasteiger partial charge in [0.15, 0.2) is 17.5 Å². The Kier molecular flexibility index (Phi) is 9.99. The number of amides is 1. The van der Waals surface area contributed by atoms with E-state index < -0.39 is 11.6 Å². The van der Waals surface area contributed by atoms with Gasteiger partial charge in [-0.2, -0.15) is 0 Å². The van der Waals surface area contributed by atoms with Gasteiger partial charge in [0.1, 0.15) is 0 Å². The standard InChI is InChI=1S/C29H35F2N7O/c1-6-16-38-25(22-12-13-24(33-5)27(31)26(22)30)17-36-28(38)19(4)37-21-10-8-20(9-11-21)29(39)35-15-14-34-18(3)23(32)7-2/h6,8-13,16-17,23,33-34,37H,3-4,7,14-15,32H2,1-2,5H3,(H,35,39)/b16-6-. The third-order valence-corrected chi connectivity index (χ3v) is 6.08. The van der Waals surface area contributed by atoms with Crippen LogP contribution in [0.5, 0.6) is 0 Å². The SMILES string of the molecule is C=C(Nc1ccc(C(=O)NCCNC(=C)C(N)CC)cc1)c1ncc(-c2ccc(NC)c(F)c2F)n1/C=C\C. The fourth-order valence-electron chi connectivity index (χ4n) is 3.84. The molecule has 10 heteroatoms. The van der Waals surface area contributed by atoms with Crippen molar-refractivity contribution in [2.24, 2.45) is 5.73 Å². The number of halogens is 2. The fourth-order valence-corrected chi connectivity index (χ4v) is 3.84. The lowest BCUT2D eigenvalue weighted by Crippen LogP contribution is -2.36. The maximum atomic E-state index is 14.8. The molecule has 0 aliphatic carbocycles. The van der Waals surface area contributed by atoms with Crippen molar-refractivity contribution in [3.63, 3.8) is 0 Å². The number of aromatic nitrogens is 2. The van der Waals surface area contributed by atoms with Gasteiger partial charge in [0.25, 0.3) is 5.91 Å². The molecule has 0 spiro atoms. The second-order valence-electron chi connectivity index (χ2n) is 8.76. The lowest BCUT2D eigenvalue weighted by atomic mass is 10.1. The average molecular weight is 536 g/mol. The van der Waals surface area contributed by atoms with Crippen LogP contribution in [0.3, 0.4) is 0 Å². The molecular weight excluding hydrogens is 500 g/mol. The van der Waals surface area contributed by atoms with Crippen molar-refractivity contribution >= 4 is 29.2 Å². The van der Waals surface area contributed by atoms with Gasteiger partial charge < -0.3 is 27.0 Å². The summed E-state index contributed by atoms with van der Waals surface area (Å²) in [5, 5.41) is 11.8. The van der Waals surface area contributed by atoms with Crippen LogP contribution in [0.4, 0.5) is 20.2 Å². The molecule has 2 aromatic carbocycles. The first-order valence-electron chi connectivity index (χ1n) is 12.6. The predicted molar refractivity (Wildman–Crippen MR) is 155 cm³/mol. The average Bonchev–Trinajstić information content (AvgIpc) is 3.35. The minimum Gasteiger partial charge on any atom is -0.386 e. The number of benzene rings is 2. The molecule has 8 nitrogen and oxygen atoms in total. The lowest BCUT2D eigenvalue weighted by molar-refractivity contribution is 0.0954. The van der Waals surface area contributed by atoms with Crippen LogP contribution in [-0.2, 0) is 0 Å². The third-order valence-electron chi connectivity index (χ3n) is 6.08. The molecule has 1 atom stereocenters. The topological polar surface area (TPSA) is 109 Å². The number of nitrogens with one attached hydrogen (secondary N) is 4. The number of nitrogens with zero attached hydrogens (tertiary/aromatic N) is 2. The summed E-state index contributed by atoms with van der Waals surface area (Å²) in [7, 11) is 1.52. The molecule has 0 fully saturated rings. The van der Waals surface area contributed by atoms with E-state index in [9.17, 15) is 13.6 Å². The van der Waals surface area contributed by atoms with E-state index in [1.165, 1.54) is 25.4 Å². The van der Waals surface area contributed by atoms with Gasteiger partial charge in [-0.15, -0.1) is 0 Å². The maximum Gasteiger partial charge on any atom is 0.251 e. The number of carbonyl (C=O) groups is 1. The zero-order chi connectivity index (χ0) is 28.5. The maximum absolute atomic E-state index is 14.8. The van der Waals surface area contributed by atoms with Crippen LogP contribution in [0.2, 0.25) is 0 Å². The Morgan fingerprint density at radius 1 is 1.10 bits per heavy atom. The van der Waals surface area contributed by atoms with Crippen molar-refractivity contribution in [2.75, 3.05) is 30.8 Å². The zero-order valence-electron chi connectivity index (χ0n) is 22.4. The highest BCUT2D eigenvalue weighted by Crippen LogP contribution is 2.31. The highest BCUT2D eigenvalue weighted by Gasteiger charge is 2.20. The number of allylic oxidation sites excluding steroid dienone is 1. The minimum atomic E-state index is -0.975. The predicted octanol–water partition coefficient (Wildman–Crippen LogP) is 5.01. The smallest absolute Gasteiger partial charge is 0.251 e. The molecule has 0 aliphatic heterocycles. The summed E-state index contributed by atoms with van der Waals surface area (Å²) in [5.74, 6) is -1.73. The monoisotopic (exact) mass is 535 g/mol. The number of carbonyl (C=O) groups excluding carboxylic acids is 1. The first kappa shape index (κ1) is 29.1. The van der Waals surface area contributed by atoms with E-state index in [1.807, 2.05) is 6.92 Å². The Morgan fingerprint density at radius 3 is 2.44 bits per heavy atom. The molecule has 1 unspecified atom stereocenters. The Morgan fingerprint density at radius 2 is 1.79 bits per heavy atom. The van der Waals surface area contributed by atoms with Gasteiger partial charge in [-0.05, 0) is 49.7 Å². The molecule has 0 saturated carbocycles. The third kappa shape index (κ3) is 6.91. The van der Waals surface area contributed by atoms with Crippen molar-refractivity contribution in [3.05, 3.63) is 90.5 Å². The van der Waals surface area contributed by atoms with E-state index in [4.69, 9.17) is 5.73 Å². The molecule has 1 amide bonds. The molecule has 206 valence electrons. The quantitative estimate of drug-likeness (QED) is 0.197. The van der Waals surface area contributed by atoms with Crippen LogP contribution < -0.4 is 27.0 Å². The van der Waals surface area contributed by atoms with Crippen molar-refractivity contribution in [3.8, 4) is 11.3 Å². The molecule has 3 aromatic rings. The second kappa shape index (κ2) is 13.4. The Balaban J connectivity index is 1.68. The van der Waals surface area contributed by atoms with Gasteiger partial charge in [0, 0.05) is 54.9 Å². The molecule has 0 saturated heterocycles. The summed E-state index contributed by atoms with van der Waals surface area (Å²) < 4.78 is 30.9. The van der Waals surface area contributed by atoms with E-state index in [1.54, 1.807) is 48.0 Å². The first-order chi connectivity index (χ1) is 18.7. The normalized spacial score (nSPS) is 11.7. The van der Waals surface area contributed by atoms with Crippen LogP contribution in [0.25, 0.3) is 23.2 Å². The number of imidazole rings is 1. The van der Waals surface area contributed by atoms with Gasteiger partial charge in [0.2, 0.25) is 0 Å². The Labute approximate surface area is 227 Å². The fraction of sp³-hybridized carbons (Fsp3) is 0.241. The van der Waals surface area contributed by atoms with Gasteiger partial charge in [-0.3, -0.25) is 9.36 Å². The van der Waals surface area contributed by atoms with Crippen LogP contribution in [0, 0.1) is 11.6 Å². The molecule has 39 heavy (non-hydrogen) atoms. The zero-order valence-corrected chi connectivity index (χ0v) is 22.4. The largest absolute Gasteiger partial charge is 0.386 e. The van der Waals surface area contributed by atoms with E-state index >= 15 is 0 Å². The van der Waals surface area contributed by atoms with Gasteiger partial charge in [-0.1, -0.05) is 26.2 Å². The summed E-state index contributed by atoms with van der Waals surface area (Å²) in [4.78, 5) is 16.9. The molecule has 0 radical (unpaired) electrons. The molecule has 1 heterocycles. The number of anilines is 2. The Bertz CT molecular complexity index is 1360. The number of hydrogen-bond acceptors (Lipinski definition) is 6. The van der Waals surface area contributed by atoms with Crippen molar-refractivity contribution in [1.29, 1.82) is 0 Å². The van der Waals surface area contributed by atoms with Crippen molar-refractivity contribution < 1.29 is 13.6 Å². The molecule has 0 aliphatic rings. The van der Waals surface area contributed by atoms with Crippen LogP contribution in [0.15, 0.2) is 67.5 Å². The van der Waals surface area contributed by atoms with Crippen LogP contribution >= 0.6 is 0 Å². The van der Waals surface area contributed by atoms with Crippen LogP contribution in [0.1, 0.15) is 36.5 Å². The molecular formula is C29H35F2N7O. The highest BCUT2D eigenvalue weighted by molar-refractivity contribution is 5.94. The lowest BCUT2D eigenvalue weighted by Gasteiger charge is -2.15. The molecule has 1 aromatic heterocycles. The summed E-state index contributed by atoms with van der Waals surface area (Å²) in [5.41, 5.74) is 8.76. The minimum absolute atomic E-state index is 0.0658. The molecule has 6 N–H and O–H groups in total. The van der Waals surface area contributed by atoms with E-state index in [0.29, 0.717) is 41.6 Å². The van der Waals surface area contributed by atoms with Crippen LogP contribution in [-0.4, -0.2) is 41.6 Å². The summed E-state index contributed by atoms with van der Waals surface area (Å²) in [6, 6.07) is 9.72. The van der Waals surface area contributed by atoms with Gasteiger partial charge in [0.05, 0.1) is 23.3 Å². The number of hydrogen-bond donors (Lipinski definition) is 5. The second-order valence-corrected chi connectivity index (χ2v) is 8.76. The summed E-state index contributed by atoms with van der Waals surface area (Å²) in [6.07, 6.45) is 5.70. The number of rotatable bonds is 13. The van der Waals surface area contributed by atoms with E-state index in [-0.39, 0.29) is 23.2 Å². The van der Waals surface area contributed by atoms with Gasteiger partial charge in [-0.25, -0.2) is 13.8 Å². The van der Waals surface area contributed by atoms with Crippen molar-refractivity contribution in [2.45, 2.75) is 26.3 Å².